The van der Waals surface area contributed by atoms with Gasteiger partial charge in [-0.15, -0.1) is 0 Å². The van der Waals surface area contributed by atoms with Gasteiger partial charge in [-0.3, -0.25) is 9.59 Å². The van der Waals surface area contributed by atoms with Crippen molar-refractivity contribution in [3.05, 3.63) is 102 Å². The Balaban J connectivity index is 1.75. The molecule has 4 heteroatoms. The number of hydrogen-bond acceptors (Lipinski definition) is 2. The van der Waals surface area contributed by atoms with E-state index < -0.39 is 12.0 Å². The van der Waals surface area contributed by atoms with Crippen LogP contribution in [0.2, 0.25) is 0 Å². The summed E-state index contributed by atoms with van der Waals surface area (Å²) in [7, 11) is 0. The zero-order valence-electron chi connectivity index (χ0n) is 16.1. The number of anilines is 1. The summed E-state index contributed by atoms with van der Waals surface area (Å²) in [5.41, 5.74) is 3.55. The molecule has 2 N–H and O–H groups in total. The Morgan fingerprint density at radius 3 is 1.86 bits per heavy atom. The van der Waals surface area contributed by atoms with E-state index in [1.54, 1.807) is 6.92 Å². The molecule has 1 atom stereocenters. The van der Waals surface area contributed by atoms with Crippen LogP contribution in [0.4, 0.5) is 5.69 Å². The Kier molecular flexibility index (Phi) is 6.22. The van der Waals surface area contributed by atoms with Crippen molar-refractivity contribution in [3.63, 3.8) is 0 Å². The lowest BCUT2D eigenvalue weighted by atomic mass is 9.90. The third kappa shape index (κ3) is 4.86. The lowest BCUT2D eigenvalue weighted by Crippen LogP contribution is -2.43. The highest BCUT2D eigenvalue weighted by Gasteiger charge is 2.25. The number of carbonyl (C=O) groups is 2. The van der Waals surface area contributed by atoms with Gasteiger partial charge in [-0.05, 0) is 42.7 Å². The second kappa shape index (κ2) is 9.00. The lowest BCUT2D eigenvalue weighted by Gasteiger charge is -2.21. The Morgan fingerprint density at radius 2 is 1.32 bits per heavy atom. The number of aryl methyl sites for hydroxylation is 1. The molecular formula is C24H24N2O2. The molecule has 3 aromatic carbocycles. The maximum Gasteiger partial charge on any atom is 0.246 e. The van der Waals surface area contributed by atoms with E-state index >= 15 is 0 Å². The van der Waals surface area contributed by atoms with E-state index in [0.29, 0.717) is 5.69 Å². The average Bonchev–Trinajstić information content (AvgIpc) is 2.70. The van der Waals surface area contributed by atoms with Gasteiger partial charge in [0.15, 0.2) is 0 Å². The second-order valence-corrected chi connectivity index (χ2v) is 6.84. The number of amides is 2. The molecule has 3 rings (SSSR count). The van der Waals surface area contributed by atoms with E-state index in [1.165, 1.54) is 0 Å². The van der Waals surface area contributed by atoms with Gasteiger partial charge in [0, 0.05) is 5.69 Å². The first-order valence-corrected chi connectivity index (χ1v) is 9.32. The van der Waals surface area contributed by atoms with Crippen molar-refractivity contribution in [3.8, 4) is 0 Å². The summed E-state index contributed by atoms with van der Waals surface area (Å²) in [6, 6.07) is 26.1. The molecule has 2 amide bonds. The fourth-order valence-electron chi connectivity index (χ4n) is 3.12. The van der Waals surface area contributed by atoms with Crippen LogP contribution in [0, 0.1) is 6.92 Å². The highest BCUT2D eigenvalue weighted by atomic mass is 16.2. The van der Waals surface area contributed by atoms with Gasteiger partial charge in [0.1, 0.15) is 6.04 Å². The Bertz CT molecular complexity index is 900. The topological polar surface area (TPSA) is 58.2 Å². The van der Waals surface area contributed by atoms with E-state index in [-0.39, 0.29) is 11.8 Å². The van der Waals surface area contributed by atoms with Gasteiger partial charge >= 0.3 is 0 Å². The Morgan fingerprint density at radius 1 is 0.750 bits per heavy atom. The molecule has 0 radical (unpaired) electrons. The van der Waals surface area contributed by atoms with Gasteiger partial charge in [-0.1, -0.05) is 72.8 Å². The van der Waals surface area contributed by atoms with Gasteiger partial charge in [0.05, 0.1) is 5.92 Å². The molecule has 0 spiro atoms. The van der Waals surface area contributed by atoms with E-state index in [0.717, 1.165) is 16.7 Å². The minimum absolute atomic E-state index is 0.204. The van der Waals surface area contributed by atoms with Crippen molar-refractivity contribution in [2.75, 3.05) is 5.32 Å². The molecule has 0 aliphatic heterocycles. The maximum absolute atomic E-state index is 13.1. The molecule has 0 heterocycles. The highest BCUT2D eigenvalue weighted by Crippen LogP contribution is 2.25. The minimum atomic E-state index is -0.664. The van der Waals surface area contributed by atoms with Crippen LogP contribution < -0.4 is 10.6 Å². The number of benzene rings is 3. The quantitative estimate of drug-likeness (QED) is 0.679. The van der Waals surface area contributed by atoms with E-state index in [4.69, 9.17) is 0 Å². The monoisotopic (exact) mass is 372 g/mol. The SMILES string of the molecule is Cc1cccc(NC(=O)[C@H](C)NC(=O)C(c2ccccc2)c2ccccc2)c1. The molecule has 0 bridgehead atoms. The molecule has 0 fully saturated rings. The van der Waals surface area contributed by atoms with Crippen molar-refractivity contribution >= 4 is 17.5 Å². The number of nitrogens with one attached hydrogen (secondary N) is 2. The van der Waals surface area contributed by atoms with Crippen LogP contribution in [0.15, 0.2) is 84.9 Å². The zero-order chi connectivity index (χ0) is 19.9. The average molecular weight is 372 g/mol. The number of rotatable bonds is 6. The van der Waals surface area contributed by atoms with E-state index in [1.807, 2.05) is 91.9 Å². The van der Waals surface area contributed by atoms with Crippen LogP contribution in [0.25, 0.3) is 0 Å². The summed E-state index contributed by atoms with van der Waals surface area (Å²) in [6.07, 6.45) is 0. The predicted octanol–water partition coefficient (Wildman–Crippen LogP) is 4.27. The van der Waals surface area contributed by atoms with Gasteiger partial charge < -0.3 is 10.6 Å². The summed E-state index contributed by atoms with van der Waals surface area (Å²) >= 11 is 0. The second-order valence-electron chi connectivity index (χ2n) is 6.84. The molecule has 0 aromatic heterocycles. The van der Waals surface area contributed by atoms with Gasteiger partial charge in [-0.2, -0.15) is 0 Å². The number of carbonyl (C=O) groups excluding carboxylic acids is 2. The number of hydrogen-bond donors (Lipinski definition) is 2. The lowest BCUT2D eigenvalue weighted by molar-refractivity contribution is -0.126. The molecule has 0 aliphatic rings. The predicted molar refractivity (Wildman–Crippen MR) is 112 cm³/mol. The fraction of sp³-hybridized carbons (Fsp3) is 0.167. The molecule has 0 unspecified atom stereocenters. The first-order valence-electron chi connectivity index (χ1n) is 9.32. The third-order valence-corrected chi connectivity index (χ3v) is 4.57. The largest absolute Gasteiger partial charge is 0.344 e. The Labute approximate surface area is 165 Å². The van der Waals surface area contributed by atoms with Crippen molar-refractivity contribution < 1.29 is 9.59 Å². The summed E-state index contributed by atoms with van der Waals surface area (Å²) in [6.45, 7) is 3.65. The van der Waals surface area contributed by atoms with Crippen LogP contribution in [0.1, 0.15) is 29.5 Å². The van der Waals surface area contributed by atoms with Gasteiger partial charge in [0.2, 0.25) is 11.8 Å². The summed E-state index contributed by atoms with van der Waals surface area (Å²) in [4.78, 5) is 25.6. The fourth-order valence-corrected chi connectivity index (χ4v) is 3.12. The molecule has 0 aliphatic carbocycles. The molecule has 28 heavy (non-hydrogen) atoms. The molecule has 142 valence electrons. The van der Waals surface area contributed by atoms with Crippen LogP contribution in [0.3, 0.4) is 0 Å². The molecular weight excluding hydrogens is 348 g/mol. The van der Waals surface area contributed by atoms with Crippen LogP contribution in [0.5, 0.6) is 0 Å². The van der Waals surface area contributed by atoms with Crippen molar-refractivity contribution in [1.82, 2.24) is 5.32 Å². The van der Waals surface area contributed by atoms with Crippen molar-refractivity contribution in [2.24, 2.45) is 0 Å². The van der Waals surface area contributed by atoms with Crippen LogP contribution >= 0.6 is 0 Å². The standard InChI is InChI=1S/C24H24N2O2/c1-17-10-9-15-21(16-17)26-23(27)18(2)25-24(28)22(19-11-5-3-6-12-19)20-13-7-4-8-14-20/h3-16,18,22H,1-2H3,(H,25,28)(H,26,27)/t18-/m0/s1. The molecule has 4 nitrogen and oxygen atoms in total. The zero-order valence-corrected chi connectivity index (χ0v) is 16.1. The summed E-state index contributed by atoms with van der Waals surface area (Å²) in [5.74, 6) is -0.931. The molecule has 0 saturated heterocycles. The van der Waals surface area contributed by atoms with Gasteiger partial charge in [-0.25, -0.2) is 0 Å². The van der Waals surface area contributed by atoms with Crippen LogP contribution in [-0.2, 0) is 9.59 Å². The third-order valence-electron chi connectivity index (χ3n) is 4.57. The first-order chi connectivity index (χ1) is 13.5. The van der Waals surface area contributed by atoms with Crippen molar-refractivity contribution in [2.45, 2.75) is 25.8 Å². The van der Waals surface area contributed by atoms with E-state index in [9.17, 15) is 9.59 Å². The molecule has 3 aromatic rings. The first kappa shape index (κ1) is 19.4. The maximum atomic E-state index is 13.1. The van der Waals surface area contributed by atoms with E-state index in [2.05, 4.69) is 10.6 Å². The van der Waals surface area contributed by atoms with Crippen molar-refractivity contribution in [1.29, 1.82) is 0 Å². The van der Waals surface area contributed by atoms with Crippen LogP contribution in [-0.4, -0.2) is 17.9 Å². The Hall–Kier alpha value is -3.40. The summed E-state index contributed by atoms with van der Waals surface area (Å²) in [5, 5.41) is 5.71. The minimum Gasteiger partial charge on any atom is -0.344 e. The van der Waals surface area contributed by atoms with Gasteiger partial charge in [0.25, 0.3) is 0 Å². The molecule has 0 saturated carbocycles. The smallest absolute Gasteiger partial charge is 0.246 e. The summed E-state index contributed by atoms with van der Waals surface area (Å²) < 4.78 is 0. The highest BCUT2D eigenvalue weighted by molar-refractivity contribution is 5.98. The normalized spacial score (nSPS) is 11.7.